The summed E-state index contributed by atoms with van der Waals surface area (Å²) in [6.07, 6.45) is 4.07. The third-order valence-electron chi connectivity index (χ3n) is 4.62. The summed E-state index contributed by atoms with van der Waals surface area (Å²) in [7, 11) is 0. The number of benzene rings is 1. The molecule has 3 heterocycles. The van der Waals surface area contributed by atoms with Crippen molar-refractivity contribution in [1.29, 1.82) is 0 Å². The molecule has 5 nitrogen and oxygen atoms in total. The quantitative estimate of drug-likeness (QED) is 0.350. The monoisotopic (exact) mass is 437 g/mol. The summed E-state index contributed by atoms with van der Waals surface area (Å²) in [5.74, 6) is 0.691. The summed E-state index contributed by atoms with van der Waals surface area (Å²) in [6.45, 7) is 2.09. The number of hydrogen-bond donors (Lipinski definition) is 2. The highest BCUT2D eigenvalue weighted by atomic mass is 35.5. The molecule has 0 radical (unpaired) electrons. The van der Waals surface area contributed by atoms with Crippen LogP contribution in [0.3, 0.4) is 0 Å². The second-order valence-electron chi connectivity index (χ2n) is 6.60. The first-order chi connectivity index (χ1) is 14.7. The maximum absolute atomic E-state index is 12.7. The van der Waals surface area contributed by atoms with E-state index in [0.717, 1.165) is 33.2 Å². The molecule has 0 bridgehead atoms. The van der Waals surface area contributed by atoms with Gasteiger partial charge in [0.2, 0.25) is 0 Å². The first-order valence-electron chi connectivity index (χ1n) is 9.55. The van der Waals surface area contributed by atoms with E-state index in [1.807, 2.05) is 42.5 Å². The number of aromatic nitrogens is 1. The molecule has 4 aromatic rings. The minimum absolute atomic E-state index is 0.263. The Morgan fingerprint density at radius 2 is 1.97 bits per heavy atom. The van der Waals surface area contributed by atoms with Crippen molar-refractivity contribution in [2.75, 3.05) is 10.6 Å². The fourth-order valence-electron chi connectivity index (χ4n) is 3.15. The van der Waals surface area contributed by atoms with Crippen LogP contribution in [0.25, 0.3) is 0 Å². The van der Waals surface area contributed by atoms with Crippen molar-refractivity contribution in [3.05, 3.63) is 99.9 Å². The topological polar surface area (TPSA) is 67.2 Å². The molecule has 152 valence electrons. The van der Waals surface area contributed by atoms with E-state index in [-0.39, 0.29) is 17.7 Å². The average Bonchev–Trinajstić information content (AvgIpc) is 3.44. The van der Waals surface area contributed by atoms with Crippen LogP contribution in [-0.2, 0) is 6.42 Å². The zero-order chi connectivity index (χ0) is 20.9. The predicted octanol–water partition coefficient (Wildman–Crippen LogP) is 6.41. The number of furan rings is 1. The number of carbonyl (C=O) groups is 1. The molecule has 0 aliphatic carbocycles. The van der Waals surface area contributed by atoms with Gasteiger partial charge in [0.05, 0.1) is 12.3 Å². The summed E-state index contributed by atoms with van der Waals surface area (Å²) >= 11 is 8.10. The lowest BCUT2D eigenvalue weighted by Crippen LogP contribution is -2.17. The van der Waals surface area contributed by atoms with Crippen molar-refractivity contribution in [3.63, 3.8) is 0 Å². The lowest BCUT2D eigenvalue weighted by molar-refractivity contribution is 0.0997. The fraction of sp³-hybridized carbons (Fsp3) is 0.130. The summed E-state index contributed by atoms with van der Waals surface area (Å²) in [4.78, 5) is 18.2. The maximum Gasteiger partial charge on any atom is 0.291 e. The van der Waals surface area contributed by atoms with Crippen molar-refractivity contribution in [3.8, 4) is 0 Å². The van der Waals surface area contributed by atoms with Gasteiger partial charge in [-0.05, 0) is 48.4 Å². The van der Waals surface area contributed by atoms with Crippen LogP contribution < -0.4 is 10.6 Å². The Labute approximate surface area is 183 Å². The van der Waals surface area contributed by atoms with Gasteiger partial charge in [-0.25, -0.2) is 4.98 Å². The van der Waals surface area contributed by atoms with Crippen molar-refractivity contribution in [2.45, 2.75) is 19.4 Å². The zero-order valence-corrected chi connectivity index (χ0v) is 17.8. The number of thiophene rings is 1. The fourth-order valence-corrected chi connectivity index (χ4v) is 4.42. The predicted molar refractivity (Wildman–Crippen MR) is 122 cm³/mol. The summed E-state index contributed by atoms with van der Waals surface area (Å²) in [5, 5.41) is 7.87. The van der Waals surface area contributed by atoms with E-state index in [9.17, 15) is 4.79 Å². The molecule has 0 spiro atoms. The number of hydrogen-bond acceptors (Lipinski definition) is 5. The lowest BCUT2D eigenvalue weighted by Gasteiger charge is -2.22. The van der Waals surface area contributed by atoms with Gasteiger partial charge in [0.1, 0.15) is 10.8 Å². The second-order valence-corrected chi connectivity index (χ2v) is 8.14. The number of nitrogens with one attached hydrogen (secondary N) is 2. The normalized spacial score (nSPS) is 11.8. The lowest BCUT2D eigenvalue weighted by atomic mass is 9.99. The number of amides is 1. The van der Waals surface area contributed by atoms with Crippen LogP contribution >= 0.6 is 22.9 Å². The molecular weight excluding hydrogens is 418 g/mol. The van der Waals surface area contributed by atoms with E-state index in [2.05, 4.69) is 28.6 Å². The molecule has 4 rings (SSSR count). The number of halogens is 1. The van der Waals surface area contributed by atoms with E-state index >= 15 is 0 Å². The number of aryl methyl sites for hydroxylation is 1. The van der Waals surface area contributed by atoms with Crippen LogP contribution in [0, 0.1) is 0 Å². The van der Waals surface area contributed by atoms with Gasteiger partial charge < -0.3 is 15.1 Å². The van der Waals surface area contributed by atoms with Gasteiger partial charge in [0.25, 0.3) is 5.91 Å². The Bertz CT molecular complexity index is 1130. The molecule has 1 amide bonds. The molecule has 3 aromatic heterocycles. The molecule has 2 N–H and O–H groups in total. The van der Waals surface area contributed by atoms with Gasteiger partial charge in [-0.15, -0.1) is 11.3 Å². The molecule has 1 atom stereocenters. The van der Waals surface area contributed by atoms with Crippen LogP contribution in [0.4, 0.5) is 10.8 Å². The average molecular weight is 438 g/mol. The van der Waals surface area contributed by atoms with Crippen molar-refractivity contribution < 1.29 is 9.21 Å². The van der Waals surface area contributed by atoms with Crippen molar-refractivity contribution >= 4 is 39.7 Å². The summed E-state index contributed by atoms with van der Waals surface area (Å²) in [5.41, 5.74) is 1.83. The van der Waals surface area contributed by atoms with Crippen molar-refractivity contribution in [2.24, 2.45) is 0 Å². The molecule has 0 aliphatic rings. The Morgan fingerprint density at radius 3 is 2.67 bits per heavy atom. The number of carbonyl (C=O) groups excluding carboxylic acids is 1. The number of rotatable bonds is 7. The summed E-state index contributed by atoms with van der Waals surface area (Å²) < 4.78 is 5.25. The molecule has 0 fully saturated rings. The SMILES string of the molecule is CCc1cc([C@H](Nc2ccccn2)c2ccccc2Cl)c(NC(=O)c2ccco2)s1. The standard InChI is InChI=1S/C23H20ClN3O2S/c1-2-15-14-17(23(30-15)27-22(28)19-10-7-13-29-19)21(16-8-3-4-9-18(16)24)26-20-11-5-6-12-25-20/h3-14,21H,2H2,1H3,(H,25,26)(H,27,28)/t21-/m1/s1. The third-order valence-corrected chi connectivity index (χ3v) is 6.17. The minimum atomic E-state index is -0.294. The van der Waals surface area contributed by atoms with Gasteiger partial charge in [-0.2, -0.15) is 0 Å². The Kier molecular flexibility index (Phi) is 6.16. The number of pyridine rings is 1. The van der Waals surface area contributed by atoms with E-state index in [1.165, 1.54) is 6.26 Å². The molecule has 1 aromatic carbocycles. The van der Waals surface area contributed by atoms with Crippen LogP contribution in [0.5, 0.6) is 0 Å². The smallest absolute Gasteiger partial charge is 0.291 e. The van der Waals surface area contributed by atoms with Crippen LogP contribution in [0.15, 0.2) is 77.5 Å². The molecule has 0 aliphatic heterocycles. The second kappa shape index (κ2) is 9.15. The van der Waals surface area contributed by atoms with E-state index in [4.69, 9.17) is 16.0 Å². The Balaban J connectivity index is 1.77. The zero-order valence-electron chi connectivity index (χ0n) is 16.3. The first-order valence-corrected chi connectivity index (χ1v) is 10.7. The van der Waals surface area contributed by atoms with Crippen LogP contribution in [0.2, 0.25) is 5.02 Å². The first kappa shape index (κ1) is 20.2. The van der Waals surface area contributed by atoms with E-state index in [1.54, 1.807) is 29.7 Å². The molecule has 30 heavy (non-hydrogen) atoms. The Hall–Kier alpha value is -3.09. The molecule has 0 saturated heterocycles. The van der Waals surface area contributed by atoms with Crippen LogP contribution in [-0.4, -0.2) is 10.9 Å². The molecular formula is C23H20ClN3O2S. The minimum Gasteiger partial charge on any atom is -0.459 e. The van der Waals surface area contributed by atoms with Gasteiger partial charge in [-0.3, -0.25) is 4.79 Å². The molecule has 7 heteroatoms. The third kappa shape index (κ3) is 4.40. The van der Waals surface area contributed by atoms with Crippen LogP contribution in [0.1, 0.15) is 39.5 Å². The number of anilines is 2. The Morgan fingerprint density at radius 1 is 1.13 bits per heavy atom. The largest absolute Gasteiger partial charge is 0.459 e. The van der Waals surface area contributed by atoms with Gasteiger partial charge in [-0.1, -0.05) is 42.8 Å². The highest BCUT2D eigenvalue weighted by molar-refractivity contribution is 7.16. The van der Waals surface area contributed by atoms with Gasteiger partial charge in [0.15, 0.2) is 5.76 Å². The highest BCUT2D eigenvalue weighted by Gasteiger charge is 2.24. The van der Waals surface area contributed by atoms with Gasteiger partial charge in [0, 0.05) is 21.7 Å². The molecule has 0 saturated carbocycles. The van der Waals surface area contributed by atoms with E-state index < -0.39 is 0 Å². The highest BCUT2D eigenvalue weighted by Crippen LogP contribution is 2.40. The van der Waals surface area contributed by atoms with E-state index in [0.29, 0.717) is 5.02 Å². The summed E-state index contributed by atoms with van der Waals surface area (Å²) in [6, 6.07) is 18.5. The molecule has 0 unspecified atom stereocenters. The maximum atomic E-state index is 12.7. The van der Waals surface area contributed by atoms with Gasteiger partial charge >= 0.3 is 0 Å². The van der Waals surface area contributed by atoms with Crippen molar-refractivity contribution in [1.82, 2.24) is 4.98 Å². The number of nitrogens with zero attached hydrogens (tertiary/aromatic N) is 1.